The molecule has 0 heterocycles. The van der Waals surface area contributed by atoms with Crippen molar-refractivity contribution in [3.05, 3.63) is 60.2 Å². The summed E-state index contributed by atoms with van der Waals surface area (Å²) in [5.41, 5.74) is 0.805. The molecule has 0 N–H and O–H groups in total. The predicted octanol–water partition coefficient (Wildman–Crippen LogP) is 3.88. The fraction of sp³-hybridized carbons (Fsp3) is 0.421. The number of hydrogen-bond donors (Lipinski definition) is 0. The van der Waals surface area contributed by atoms with Gasteiger partial charge in [0.25, 0.3) is 0 Å². The molecular weight excluding hydrogens is 244 g/mol. The summed E-state index contributed by atoms with van der Waals surface area (Å²) in [4.78, 5) is 13.4. The summed E-state index contributed by atoms with van der Waals surface area (Å²) < 4.78 is 0. The molecule has 1 aromatic carbocycles. The fourth-order valence-electron chi connectivity index (χ4n) is 5.82. The Labute approximate surface area is 119 Å². The summed E-state index contributed by atoms with van der Waals surface area (Å²) in [6.45, 7) is 0. The fourth-order valence-corrected chi connectivity index (χ4v) is 5.82. The molecule has 6 atom stereocenters. The standard InChI is InChI=1S/C19H18O/c20-18(12-4-2-1-3-5-12)19-15-8-6-13(10-15)17(19)14-7-9-16(19)11-14/h1-9,13-17H,10-11H2/t13-,14+,15+,16-,17-,19-. The molecule has 0 aliphatic heterocycles. The third kappa shape index (κ3) is 1.06. The van der Waals surface area contributed by atoms with E-state index >= 15 is 0 Å². The number of ketones is 1. The highest BCUT2D eigenvalue weighted by atomic mass is 16.1. The van der Waals surface area contributed by atoms with Gasteiger partial charge in [-0.3, -0.25) is 4.79 Å². The first kappa shape index (κ1) is 11.1. The summed E-state index contributed by atoms with van der Waals surface area (Å²) in [6.07, 6.45) is 11.9. The monoisotopic (exact) mass is 262 g/mol. The van der Waals surface area contributed by atoms with E-state index < -0.39 is 0 Å². The van der Waals surface area contributed by atoms with Crippen molar-refractivity contribution in [2.24, 2.45) is 35.0 Å². The molecule has 1 heteroatoms. The molecule has 2 fully saturated rings. The van der Waals surface area contributed by atoms with Crippen molar-refractivity contribution < 1.29 is 4.79 Å². The van der Waals surface area contributed by atoms with E-state index in [0.29, 0.717) is 35.4 Å². The van der Waals surface area contributed by atoms with Crippen molar-refractivity contribution in [2.45, 2.75) is 12.8 Å². The smallest absolute Gasteiger partial charge is 0.170 e. The van der Waals surface area contributed by atoms with Crippen LogP contribution in [-0.2, 0) is 0 Å². The molecule has 20 heavy (non-hydrogen) atoms. The summed E-state index contributed by atoms with van der Waals surface area (Å²) in [7, 11) is 0. The highest BCUT2D eigenvalue weighted by Crippen LogP contribution is 2.71. The topological polar surface area (TPSA) is 17.1 Å². The first-order valence-corrected chi connectivity index (χ1v) is 7.78. The molecule has 0 saturated heterocycles. The second-order valence-corrected chi connectivity index (χ2v) is 6.94. The Morgan fingerprint density at radius 1 is 0.900 bits per heavy atom. The van der Waals surface area contributed by atoms with E-state index in [-0.39, 0.29) is 5.41 Å². The van der Waals surface area contributed by atoms with E-state index in [1.54, 1.807) is 0 Å². The lowest BCUT2D eigenvalue weighted by molar-refractivity contribution is 0.0576. The molecule has 1 aromatic rings. The van der Waals surface area contributed by atoms with Crippen molar-refractivity contribution in [2.75, 3.05) is 0 Å². The summed E-state index contributed by atoms with van der Waals surface area (Å²) >= 11 is 0. The van der Waals surface area contributed by atoms with Gasteiger partial charge in [0.15, 0.2) is 5.78 Å². The van der Waals surface area contributed by atoms with Crippen LogP contribution in [0.2, 0.25) is 0 Å². The molecule has 2 saturated carbocycles. The minimum atomic E-state index is -0.111. The maximum atomic E-state index is 13.4. The zero-order chi connectivity index (χ0) is 13.3. The third-order valence-electron chi connectivity index (χ3n) is 6.36. The SMILES string of the molecule is O=C(c1ccccc1)[C@]12[C@H]([C@@H]3C=C[C@H]1C3)[C@H]1C=C[C@@H]2C1. The third-order valence-corrected chi connectivity index (χ3v) is 6.36. The second-order valence-electron chi connectivity index (χ2n) is 6.94. The van der Waals surface area contributed by atoms with Crippen molar-refractivity contribution in [1.29, 1.82) is 0 Å². The average Bonchev–Trinajstić information content (AvgIpc) is 3.25. The number of carbonyl (C=O) groups excluding carboxylic acids is 1. The zero-order valence-corrected chi connectivity index (χ0v) is 11.4. The van der Waals surface area contributed by atoms with Crippen LogP contribution in [0.5, 0.6) is 0 Å². The number of hydrogen-bond acceptors (Lipinski definition) is 1. The number of benzene rings is 1. The predicted molar refractivity (Wildman–Crippen MR) is 78.2 cm³/mol. The van der Waals surface area contributed by atoms with Gasteiger partial charge in [-0.1, -0.05) is 54.6 Å². The molecule has 4 bridgehead atoms. The summed E-state index contributed by atoms with van der Waals surface area (Å²) in [5, 5.41) is 0. The highest BCUT2D eigenvalue weighted by molar-refractivity contribution is 6.02. The van der Waals surface area contributed by atoms with Crippen LogP contribution < -0.4 is 0 Å². The molecule has 100 valence electrons. The van der Waals surface area contributed by atoms with Gasteiger partial charge in [-0.2, -0.15) is 0 Å². The molecule has 0 aromatic heterocycles. The van der Waals surface area contributed by atoms with Crippen molar-refractivity contribution >= 4 is 5.78 Å². The molecule has 1 nitrogen and oxygen atoms in total. The van der Waals surface area contributed by atoms with E-state index in [0.717, 1.165) is 5.56 Å². The van der Waals surface area contributed by atoms with Crippen molar-refractivity contribution in [3.8, 4) is 0 Å². The molecule has 0 amide bonds. The van der Waals surface area contributed by atoms with Crippen LogP contribution in [0.15, 0.2) is 54.6 Å². The van der Waals surface area contributed by atoms with E-state index in [1.807, 2.05) is 30.3 Å². The van der Waals surface area contributed by atoms with Crippen LogP contribution >= 0.6 is 0 Å². The Hall–Kier alpha value is -1.63. The van der Waals surface area contributed by atoms with Crippen LogP contribution in [0.25, 0.3) is 0 Å². The number of allylic oxidation sites excluding steroid dienone is 4. The van der Waals surface area contributed by atoms with Gasteiger partial charge < -0.3 is 0 Å². The van der Waals surface area contributed by atoms with Gasteiger partial charge in [-0.25, -0.2) is 0 Å². The second kappa shape index (κ2) is 3.52. The van der Waals surface area contributed by atoms with E-state index in [4.69, 9.17) is 0 Å². The Balaban J connectivity index is 1.69. The van der Waals surface area contributed by atoms with E-state index in [2.05, 4.69) is 24.3 Å². The highest BCUT2D eigenvalue weighted by Gasteiger charge is 2.69. The lowest BCUT2D eigenvalue weighted by Crippen LogP contribution is -2.45. The van der Waals surface area contributed by atoms with E-state index in [1.165, 1.54) is 12.8 Å². The van der Waals surface area contributed by atoms with Gasteiger partial charge in [0.05, 0.1) is 5.41 Å². The van der Waals surface area contributed by atoms with Crippen molar-refractivity contribution in [1.82, 2.24) is 0 Å². The molecule has 4 aliphatic rings. The average molecular weight is 262 g/mol. The molecule has 0 spiro atoms. The van der Waals surface area contributed by atoms with Gasteiger partial charge in [0, 0.05) is 5.56 Å². The first-order chi connectivity index (χ1) is 9.81. The quantitative estimate of drug-likeness (QED) is 0.449. The largest absolute Gasteiger partial charge is 0.293 e. The minimum absolute atomic E-state index is 0.111. The van der Waals surface area contributed by atoms with Gasteiger partial charge in [-0.15, -0.1) is 0 Å². The van der Waals surface area contributed by atoms with Crippen LogP contribution in [-0.4, -0.2) is 5.78 Å². The lowest BCUT2D eigenvalue weighted by atomic mass is 9.59. The number of rotatable bonds is 2. The van der Waals surface area contributed by atoms with Crippen LogP contribution in [0.3, 0.4) is 0 Å². The number of fused-ring (bicyclic) bond motifs is 9. The number of carbonyl (C=O) groups is 1. The van der Waals surface area contributed by atoms with Crippen LogP contribution in [0.1, 0.15) is 23.2 Å². The van der Waals surface area contributed by atoms with Crippen molar-refractivity contribution in [3.63, 3.8) is 0 Å². The molecule has 5 rings (SSSR count). The Morgan fingerprint density at radius 2 is 1.50 bits per heavy atom. The zero-order valence-electron chi connectivity index (χ0n) is 11.4. The molecule has 0 radical (unpaired) electrons. The Morgan fingerprint density at radius 3 is 2.10 bits per heavy atom. The van der Waals surface area contributed by atoms with Crippen LogP contribution in [0, 0.1) is 35.0 Å². The van der Waals surface area contributed by atoms with Crippen LogP contribution in [0.4, 0.5) is 0 Å². The summed E-state index contributed by atoms with van der Waals surface area (Å²) in [5.74, 6) is 3.23. The summed E-state index contributed by atoms with van der Waals surface area (Å²) in [6, 6.07) is 9.97. The van der Waals surface area contributed by atoms with E-state index in [9.17, 15) is 4.79 Å². The maximum absolute atomic E-state index is 13.4. The van der Waals surface area contributed by atoms with Gasteiger partial charge >= 0.3 is 0 Å². The molecule has 0 unspecified atom stereocenters. The maximum Gasteiger partial charge on any atom is 0.170 e. The molecular formula is C19H18O. The minimum Gasteiger partial charge on any atom is -0.293 e. The lowest BCUT2D eigenvalue weighted by Gasteiger charge is -2.42. The Bertz CT molecular complexity index is 611. The molecule has 4 aliphatic carbocycles. The normalized spacial score (nSPS) is 46.1. The number of Topliss-reactive ketones (excluding diaryl/α,β-unsaturated/α-hetero) is 1. The Kier molecular flexibility index (Phi) is 1.95. The van der Waals surface area contributed by atoms with Gasteiger partial charge in [0.2, 0.25) is 0 Å². The van der Waals surface area contributed by atoms with Gasteiger partial charge in [-0.05, 0) is 42.4 Å². The van der Waals surface area contributed by atoms with Gasteiger partial charge in [0.1, 0.15) is 0 Å². The first-order valence-electron chi connectivity index (χ1n) is 7.78.